The number of hydrogen-bond donors (Lipinski definition) is 2. The van der Waals surface area contributed by atoms with Crippen molar-refractivity contribution >= 4 is 17.4 Å². The molecule has 0 fully saturated rings. The van der Waals surface area contributed by atoms with Gasteiger partial charge < -0.3 is 11.1 Å². The molecule has 3 aromatic rings. The van der Waals surface area contributed by atoms with Gasteiger partial charge in [-0.3, -0.25) is 4.79 Å². The van der Waals surface area contributed by atoms with Crippen LogP contribution in [0.15, 0.2) is 48.5 Å². The first kappa shape index (κ1) is 23.3. The zero-order valence-corrected chi connectivity index (χ0v) is 17.9. The Balaban J connectivity index is 1.73. The van der Waals surface area contributed by atoms with Crippen LogP contribution in [0, 0.1) is 5.82 Å². The average Bonchev–Trinajstić information content (AvgIpc) is 3.09. The number of nitrogen functional groups attached to an aromatic ring is 1. The third-order valence-corrected chi connectivity index (χ3v) is 4.82. The normalized spacial score (nSPS) is 12.1. The molecule has 0 aliphatic rings. The fourth-order valence-electron chi connectivity index (χ4n) is 3.23. The molecule has 0 radical (unpaired) electrons. The number of aryl methyl sites for hydroxylation is 2. The molecule has 0 saturated heterocycles. The van der Waals surface area contributed by atoms with Gasteiger partial charge in [-0.1, -0.05) is 12.1 Å². The van der Waals surface area contributed by atoms with E-state index in [0.717, 1.165) is 29.5 Å². The Labute approximate surface area is 183 Å². The van der Waals surface area contributed by atoms with Crippen molar-refractivity contribution in [3.8, 4) is 0 Å². The third kappa shape index (κ3) is 5.46. The number of amides is 1. The Morgan fingerprint density at radius 3 is 2.41 bits per heavy atom. The third-order valence-electron chi connectivity index (χ3n) is 4.82. The summed E-state index contributed by atoms with van der Waals surface area (Å²) in [5.74, 6) is -0.972. The zero-order chi connectivity index (χ0) is 23.7. The largest absolute Gasteiger partial charge is 0.416 e. The first-order valence-corrected chi connectivity index (χ1v) is 9.96. The molecule has 1 heterocycles. The first-order valence-electron chi connectivity index (χ1n) is 9.96. The van der Waals surface area contributed by atoms with Gasteiger partial charge in [0, 0.05) is 11.6 Å². The Morgan fingerprint density at radius 1 is 1.06 bits per heavy atom. The zero-order valence-electron chi connectivity index (χ0n) is 17.9. The van der Waals surface area contributed by atoms with Gasteiger partial charge in [0.25, 0.3) is 5.91 Å². The second kappa shape index (κ2) is 8.64. The molecule has 2 aromatic carbocycles. The van der Waals surface area contributed by atoms with Crippen molar-refractivity contribution < 1.29 is 22.4 Å². The number of nitrogens with one attached hydrogen (secondary N) is 1. The van der Waals surface area contributed by atoms with E-state index in [1.807, 2.05) is 20.8 Å². The molecule has 0 spiro atoms. The molecule has 0 saturated carbocycles. The summed E-state index contributed by atoms with van der Waals surface area (Å²) in [4.78, 5) is 12.4. The monoisotopic (exact) mass is 448 g/mol. The van der Waals surface area contributed by atoms with E-state index >= 15 is 0 Å². The maximum absolute atomic E-state index is 14.2. The van der Waals surface area contributed by atoms with E-state index in [4.69, 9.17) is 5.73 Å². The highest BCUT2D eigenvalue weighted by atomic mass is 19.4. The molecule has 0 aliphatic carbocycles. The summed E-state index contributed by atoms with van der Waals surface area (Å²) in [6.07, 6.45) is -3.53. The first-order chi connectivity index (χ1) is 14.8. The quantitative estimate of drug-likeness (QED) is 0.512. The van der Waals surface area contributed by atoms with Crippen molar-refractivity contribution in [2.24, 2.45) is 0 Å². The van der Waals surface area contributed by atoms with Crippen LogP contribution < -0.4 is 11.1 Å². The van der Waals surface area contributed by atoms with E-state index in [-0.39, 0.29) is 16.8 Å². The van der Waals surface area contributed by atoms with Crippen LogP contribution in [0.2, 0.25) is 0 Å². The van der Waals surface area contributed by atoms with Crippen LogP contribution in [0.3, 0.4) is 0 Å². The van der Waals surface area contributed by atoms with Crippen molar-refractivity contribution in [3.05, 3.63) is 76.7 Å². The molecule has 170 valence electrons. The number of carbonyl (C=O) groups excluding carboxylic acids is 1. The maximum atomic E-state index is 14.2. The molecule has 5 nitrogen and oxygen atoms in total. The summed E-state index contributed by atoms with van der Waals surface area (Å²) >= 11 is 0. The molecule has 0 unspecified atom stereocenters. The van der Waals surface area contributed by atoms with Crippen molar-refractivity contribution in [2.75, 3.05) is 11.1 Å². The van der Waals surface area contributed by atoms with Gasteiger partial charge in [-0.2, -0.15) is 18.3 Å². The number of aromatic nitrogens is 2. The number of nitrogens with zero attached hydrogens (tertiary/aromatic N) is 2. The van der Waals surface area contributed by atoms with Gasteiger partial charge in [0.1, 0.15) is 11.6 Å². The van der Waals surface area contributed by atoms with Gasteiger partial charge in [-0.05, 0) is 69.5 Å². The number of nitrogens with two attached hydrogens (primary N) is 1. The highest BCUT2D eigenvalue weighted by Crippen LogP contribution is 2.30. The standard InChI is InChI=1S/C23H24F4N4O/c1-22(2,3)31-20(28)13-17(30-31)9-7-14-8-10-18(24)19(11-14)29-21(32)15-5-4-6-16(12-15)23(25,26)27/h4-6,8,10-13H,7,9,28H2,1-3H3,(H,29,32). The highest BCUT2D eigenvalue weighted by molar-refractivity contribution is 6.04. The van der Waals surface area contributed by atoms with Crippen LogP contribution >= 0.6 is 0 Å². The molecular formula is C23H24F4N4O. The van der Waals surface area contributed by atoms with E-state index in [2.05, 4.69) is 10.4 Å². The maximum Gasteiger partial charge on any atom is 0.416 e. The fourth-order valence-corrected chi connectivity index (χ4v) is 3.23. The lowest BCUT2D eigenvalue weighted by Crippen LogP contribution is -2.24. The van der Waals surface area contributed by atoms with Gasteiger partial charge in [0.2, 0.25) is 0 Å². The lowest BCUT2D eigenvalue weighted by atomic mass is 10.1. The molecule has 9 heteroatoms. The van der Waals surface area contributed by atoms with E-state index in [9.17, 15) is 22.4 Å². The summed E-state index contributed by atoms with van der Waals surface area (Å²) in [6.45, 7) is 5.96. The smallest absolute Gasteiger partial charge is 0.384 e. The fraction of sp³-hybridized carbons (Fsp3) is 0.304. The Kier molecular flexibility index (Phi) is 6.29. The van der Waals surface area contributed by atoms with Crippen LogP contribution in [0.1, 0.15) is 48.0 Å². The Morgan fingerprint density at radius 2 is 1.78 bits per heavy atom. The lowest BCUT2D eigenvalue weighted by Gasteiger charge is -2.20. The van der Waals surface area contributed by atoms with Crippen molar-refractivity contribution in [3.63, 3.8) is 0 Å². The SMILES string of the molecule is CC(C)(C)n1nc(CCc2ccc(F)c(NC(=O)c3cccc(C(F)(F)F)c3)c2)cc1N. The number of hydrogen-bond acceptors (Lipinski definition) is 3. The number of halogens is 4. The predicted molar refractivity (Wildman–Crippen MR) is 115 cm³/mol. The highest BCUT2D eigenvalue weighted by Gasteiger charge is 2.31. The summed E-state index contributed by atoms with van der Waals surface area (Å²) in [6, 6.07) is 10.0. The van der Waals surface area contributed by atoms with Crippen LogP contribution in [-0.2, 0) is 24.6 Å². The summed E-state index contributed by atoms with van der Waals surface area (Å²) in [5.41, 5.74) is 5.99. The van der Waals surface area contributed by atoms with Crippen LogP contribution in [0.5, 0.6) is 0 Å². The van der Waals surface area contributed by atoms with Crippen LogP contribution in [-0.4, -0.2) is 15.7 Å². The molecule has 1 amide bonds. The lowest BCUT2D eigenvalue weighted by molar-refractivity contribution is -0.137. The molecule has 3 N–H and O–H groups in total. The van der Waals surface area contributed by atoms with Gasteiger partial charge in [-0.15, -0.1) is 0 Å². The van der Waals surface area contributed by atoms with E-state index < -0.39 is 23.5 Å². The number of rotatable bonds is 5. The second-order valence-electron chi connectivity index (χ2n) is 8.49. The molecule has 0 atom stereocenters. The van der Waals surface area contributed by atoms with Crippen molar-refractivity contribution in [2.45, 2.75) is 45.3 Å². The minimum Gasteiger partial charge on any atom is -0.384 e. The van der Waals surface area contributed by atoms with Gasteiger partial charge >= 0.3 is 6.18 Å². The average molecular weight is 448 g/mol. The molecule has 0 bridgehead atoms. The minimum absolute atomic E-state index is 0.107. The Hall–Kier alpha value is -3.36. The number of carbonyl (C=O) groups is 1. The van der Waals surface area contributed by atoms with Gasteiger partial charge in [0.05, 0.1) is 22.5 Å². The van der Waals surface area contributed by atoms with Crippen molar-refractivity contribution in [1.82, 2.24) is 9.78 Å². The van der Waals surface area contributed by atoms with Crippen LogP contribution in [0.4, 0.5) is 29.1 Å². The molecular weight excluding hydrogens is 424 g/mol. The summed E-state index contributed by atoms with van der Waals surface area (Å²) in [5, 5.41) is 6.86. The summed E-state index contributed by atoms with van der Waals surface area (Å²) in [7, 11) is 0. The topological polar surface area (TPSA) is 72.9 Å². The number of alkyl halides is 3. The second-order valence-corrected chi connectivity index (χ2v) is 8.49. The van der Waals surface area contributed by atoms with Gasteiger partial charge in [-0.25, -0.2) is 9.07 Å². The number of anilines is 2. The molecule has 0 aliphatic heterocycles. The minimum atomic E-state index is -4.58. The molecule has 1 aromatic heterocycles. The van der Waals surface area contributed by atoms with Gasteiger partial charge in [0.15, 0.2) is 0 Å². The van der Waals surface area contributed by atoms with E-state index in [1.165, 1.54) is 18.2 Å². The summed E-state index contributed by atoms with van der Waals surface area (Å²) < 4.78 is 54.6. The molecule has 3 rings (SSSR count). The van der Waals surface area contributed by atoms with Crippen LogP contribution in [0.25, 0.3) is 0 Å². The predicted octanol–water partition coefficient (Wildman–Crippen LogP) is 5.42. The number of benzene rings is 2. The van der Waals surface area contributed by atoms with Crippen molar-refractivity contribution in [1.29, 1.82) is 0 Å². The Bertz CT molecular complexity index is 1130. The molecule has 32 heavy (non-hydrogen) atoms. The van der Waals surface area contributed by atoms with E-state index in [0.29, 0.717) is 18.7 Å². The van der Waals surface area contributed by atoms with E-state index in [1.54, 1.807) is 16.8 Å².